The van der Waals surface area contributed by atoms with Crippen molar-refractivity contribution in [2.75, 3.05) is 12.3 Å². The third-order valence-corrected chi connectivity index (χ3v) is 4.38. The Labute approximate surface area is 155 Å². The van der Waals surface area contributed by atoms with Crippen LogP contribution < -0.4 is 15.8 Å². The zero-order chi connectivity index (χ0) is 16.8. The molecule has 0 heterocycles. The van der Waals surface area contributed by atoms with Gasteiger partial charge < -0.3 is 15.8 Å². The van der Waals surface area contributed by atoms with Gasteiger partial charge in [0.25, 0.3) is 0 Å². The molecule has 0 saturated carbocycles. The van der Waals surface area contributed by atoms with E-state index in [0.29, 0.717) is 19.4 Å². The lowest BCUT2D eigenvalue weighted by atomic mass is 9.87. The molecule has 2 aromatic carbocycles. The number of para-hydroxylation sites is 1. The molecule has 2 aromatic rings. The molecule has 3 N–H and O–H groups in total. The van der Waals surface area contributed by atoms with Gasteiger partial charge >= 0.3 is 0 Å². The van der Waals surface area contributed by atoms with E-state index < -0.39 is 0 Å². The van der Waals surface area contributed by atoms with Crippen molar-refractivity contribution in [3.8, 4) is 5.75 Å². The first-order valence-corrected chi connectivity index (χ1v) is 8.58. The molecule has 0 bridgehead atoms. The van der Waals surface area contributed by atoms with Crippen LogP contribution in [0.1, 0.15) is 42.9 Å². The van der Waals surface area contributed by atoms with Crippen molar-refractivity contribution < 1.29 is 9.53 Å². The molecule has 3 rings (SSSR count). The number of rotatable bonds is 6. The molecule has 0 aromatic heterocycles. The Morgan fingerprint density at radius 3 is 2.80 bits per heavy atom. The number of hydrogen-bond donors (Lipinski definition) is 2. The van der Waals surface area contributed by atoms with Gasteiger partial charge in [-0.2, -0.15) is 0 Å². The summed E-state index contributed by atoms with van der Waals surface area (Å²) in [5.41, 5.74) is 9.12. The number of nitrogen functional groups attached to an aromatic ring is 1. The number of carbonyl (C=O) groups is 1. The number of nitrogens with one attached hydrogen (secondary N) is 1. The molecule has 5 heteroatoms. The summed E-state index contributed by atoms with van der Waals surface area (Å²) in [4.78, 5) is 12.2. The summed E-state index contributed by atoms with van der Waals surface area (Å²) in [6.45, 7) is 0.551. The van der Waals surface area contributed by atoms with Crippen LogP contribution in [0.5, 0.6) is 5.75 Å². The Morgan fingerprint density at radius 1 is 1.20 bits per heavy atom. The molecule has 0 aliphatic heterocycles. The van der Waals surface area contributed by atoms with Gasteiger partial charge in [-0.15, -0.1) is 12.4 Å². The molecule has 0 spiro atoms. The largest absolute Gasteiger partial charge is 0.494 e. The Bertz CT molecular complexity index is 691. The fraction of sp³-hybridized carbons (Fsp3) is 0.350. The average molecular weight is 361 g/mol. The molecule has 1 amide bonds. The highest BCUT2D eigenvalue weighted by Gasteiger charge is 2.21. The standard InChI is InChI=1S/C20H24N2O2.ClH/c21-16-11-12-18-15(14-16)6-4-9-19(18)22-20(23)10-5-13-24-17-7-2-1-3-8-17;/h1-3,7-8,11-12,14,19H,4-6,9-10,13,21H2,(H,22,23);1H. The van der Waals surface area contributed by atoms with Crippen LogP contribution >= 0.6 is 12.4 Å². The number of halogens is 1. The van der Waals surface area contributed by atoms with Gasteiger partial charge in [-0.25, -0.2) is 0 Å². The summed E-state index contributed by atoms with van der Waals surface area (Å²) in [7, 11) is 0. The molecule has 25 heavy (non-hydrogen) atoms. The van der Waals surface area contributed by atoms with E-state index in [-0.39, 0.29) is 24.4 Å². The van der Waals surface area contributed by atoms with E-state index in [9.17, 15) is 4.79 Å². The first kappa shape index (κ1) is 19.1. The van der Waals surface area contributed by atoms with Crippen LogP contribution in [0.25, 0.3) is 0 Å². The number of amides is 1. The summed E-state index contributed by atoms with van der Waals surface area (Å²) in [6, 6.07) is 15.8. The van der Waals surface area contributed by atoms with Crippen molar-refractivity contribution in [2.45, 2.75) is 38.1 Å². The summed E-state index contributed by atoms with van der Waals surface area (Å²) >= 11 is 0. The molecule has 0 radical (unpaired) electrons. The van der Waals surface area contributed by atoms with Gasteiger partial charge in [-0.3, -0.25) is 4.79 Å². The highest BCUT2D eigenvalue weighted by Crippen LogP contribution is 2.31. The summed E-state index contributed by atoms with van der Waals surface area (Å²) in [5.74, 6) is 0.929. The van der Waals surface area contributed by atoms with Gasteiger partial charge in [0.15, 0.2) is 0 Å². The number of carbonyl (C=O) groups excluding carboxylic acids is 1. The maximum atomic E-state index is 12.2. The fourth-order valence-corrected chi connectivity index (χ4v) is 3.19. The van der Waals surface area contributed by atoms with Gasteiger partial charge in [0.2, 0.25) is 5.91 Å². The highest BCUT2D eigenvalue weighted by molar-refractivity contribution is 5.85. The second kappa shape index (κ2) is 9.33. The van der Waals surface area contributed by atoms with E-state index in [2.05, 4.69) is 5.32 Å². The molecule has 0 saturated heterocycles. The van der Waals surface area contributed by atoms with Crippen LogP contribution in [0.3, 0.4) is 0 Å². The number of aryl methyl sites for hydroxylation is 1. The average Bonchev–Trinajstić information content (AvgIpc) is 2.59. The monoisotopic (exact) mass is 360 g/mol. The van der Waals surface area contributed by atoms with E-state index >= 15 is 0 Å². The maximum Gasteiger partial charge on any atom is 0.220 e. The lowest BCUT2D eigenvalue weighted by Crippen LogP contribution is -2.31. The molecule has 1 aliphatic carbocycles. The van der Waals surface area contributed by atoms with Gasteiger partial charge in [0.05, 0.1) is 12.6 Å². The zero-order valence-corrected chi connectivity index (χ0v) is 15.1. The van der Waals surface area contributed by atoms with Crippen LogP contribution in [0.4, 0.5) is 5.69 Å². The SMILES string of the molecule is Cl.Nc1ccc2c(c1)CCCC2NC(=O)CCCOc1ccccc1. The Morgan fingerprint density at radius 2 is 2.00 bits per heavy atom. The fourth-order valence-electron chi connectivity index (χ4n) is 3.19. The molecule has 1 atom stereocenters. The molecule has 0 fully saturated rings. The van der Waals surface area contributed by atoms with Gasteiger partial charge in [0.1, 0.15) is 5.75 Å². The second-order valence-electron chi connectivity index (χ2n) is 6.24. The summed E-state index contributed by atoms with van der Waals surface area (Å²) in [6.07, 6.45) is 4.30. The van der Waals surface area contributed by atoms with Crippen molar-refractivity contribution in [3.05, 3.63) is 59.7 Å². The third-order valence-electron chi connectivity index (χ3n) is 4.38. The summed E-state index contributed by atoms with van der Waals surface area (Å²) < 4.78 is 5.62. The van der Waals surface area contributed by atoms with E-state index in [1.165, 1.54) is 11.1 Å². The topological polar surface area (TPSA) is 64.3 Å². The predicted molar refractivity (Wildman–Crippen MR) is 103 cm³/mol. The number of ether oxygens (including phenoxy) is 1. The Balaban J connectivity index is 0.00000225. The lowest BCUT2D eigenvalue weighted by molar-refractivity contribution is -0.122. The number of nitrogens with two attached hydrogens (primary N) is 1. The second-order valence-corrected chi connectivity index (χ2v) is 6.24. The molecule has 1 unspecified atom stereocenters. The third kappa shape index (κ3) is 5.40. The number of anilines is 1. The van der Waals surface area contributed by atoms with E-state index in [0.717, 1.165) is 30.7 Å². The van der Waals surface area contributed by atoms with E-state index in [1.807, 2.05) is 48.5 Å². The zero-order valence-electron chi connectivity index (χ0n) is 14.2. The molecular formula is C20H25ClN2O2. The molecule has 134 valence electrons. The van der Waals surface area contributed by atoms with E-state index in [1.54, 1.807) is 0 Å². The van der Waals surface area contributed by atoms with Crippen LogP contribution in [0, 0.1) is 0 Å². The van der Waals surface area contributed by atoms with Crippen LogP contribution in [-0.4, -0.2) is 12.5 Å². The number of benzene rings is 2. The molecule has 1 aliphatic rings. The van der Waals surface area contributed by atoms with Crippen molar-refractivity contribution in [2.24, 2.45) is 0 Å². The van der Waals surface area contributed by atoms with Gasteiger partial charge in [0, 0.05) is 12.1 Å². The van der Waals surface area contributed by atoms with Crippen molar-refractivity contribution in [1.29, 1.82) is 0 Å². The first-order valence-electron chi connectivity index (χ1n) is 8.58. The molecular weight excluding hydrogens is 336 g/mol. The number of hydrogen-bond acceptors (Lipinski definition) is 3. The van der Waals surface area contributed by atoms with Crippen molar-refractivity contribution in [3.63, 3.8) is 0 Å². The van der Waals surface area contributed by atoms with Crippen LogP contribution in [0.15, 0.2) is 48.5 Å². The quantitative estimate of drug-likeness (QED) is 0.603. The van der Waals surface area contributed by atoms with Crippen LogP contribution in [-0.2, 0) is 11.2 Å². The normalized spacial score (nSPS) is 15.6. The Kier molecular flexibility index (Phi) is 7.14. The minimum absolute atomic E-state index is 0. The first-order chi connectivity index (χ1) is 11.7. The summed E-state index contributed by atoms with van der Waals surface area (Å²) in [5, 5.41) is 3.16. The maximum absolute atomic E-state index is 12.2. The Hall–Kier alpha value is -2.20. The van der Waals surface area contributed by atoms with Gasteiger partial charge in [-0.1, -0.05) is 24.3 Å². The van der Waals surface area contributed by atoms with Crippen molar-refractivity contribution in [1.82, 2.24) is 5.32 Å². The minimum Gasteiger partial charge on any atom is -0.494 e. The lowest BCUT2D eigenvalue weighted by Gasteiger charge is -2.26. The highest BCUT2D eigenvalue weighted by atomic mass is 35.5. The van der Waals surface area contributed by atoms with Crippen molar-refractivity contribution >= 4 is 24.0 Å². The molecule has 4 nitrogen and oxygen atoms in total. The minimum atomic E-state index is 0. The smallest absolute Gasteiger partial charge is 0.220 e. The van der Waals surface area contributed by atoms with Gasteiger partial charge in [-0.05, 0) is 61.1 Å². The predicted octanol–water partition coefficient (Wildman–Crippen LogP) is 4.04. The van der Waals surface area contributed by atoms with E-state index in [4.69, 9.17) is 10.5 Å². The van der Waals surface area contributed by atoms with Crippen LogP contribution in [0.2, 0.25) is 0 Å². The number of fused-ring (bicyclic) bond motifs is 1.